The number of rotatable bonds is 3. The molecule has 3 heteroatoms. The van der Waals surface area contributed by atoms with Gasteiger partial charge in [0, 0.05) is 36.7 Å². The summed E-state index contributed by atoms with van der Waals surface area (Å²) in [6.07, 6.45) is 3.55. The van der Waals surface area contributed by atoms with Crippen LogP contribution in [-0.2, 0) is 6.54 Å². The van der Waals surface area contributed by atoms with Gasteiger partial charge in [-0.15, -0.1) is 0 Å². The SMILES string of the molecule is Cc1cc(=O)cc(C)n1CC1CCCC1CO. The van der Waals surface area contributed by atoms with E-state index in [9.17, 15) is 9.90 Å². The lowest BCUT2D eigenvalue weighted by molar-refractivity contribution is 0.183. The van der Waals surface area contributed by atoms with Crippen molar-refractivity contribution in [2.24, 2.45) is 11.8 Å². The number of nitrogens with zero attached hydrogens (tertiary/aromatic N) is 1. The highest BCUT2D eigenvalue weighted by atomic mass is 16.3. The van der Waals surface area contributed by atoms with Gasteiger partial charge in [0.2, 0.25) is 0 Å². The van der Waals surface area contributed by atoms with E-state index in [1.807, 2.05) is 13.8 Å². The molecule has 2 unspecified atom stereocenters. The van der Waals surface area contributed by atoms with Crippen molar-refractivity contribution in [1.29, 1.82) is 0 Å². The van der Waals surface area contributed by atoms with E-state index in [2.05, 4.69) is 4.57 Å². The highest BCUT2D eigenvalue weighted by Gasteiger charge is 2.27. The van der Waals surface area contributed by atoms with E-state index in [0.29, 0.717) is 18.4 Å². The molecule has 1 fully saturated rings. The predicted octanol–water partition coefficient (Wildman–Crippen LogP) is 1.87. The molecule has 1 aliphatic carbocycles. The van der Waals surface area contributed by atoms with Gasteiger partial charge in [-0.2, -0.15) is 0 Å². The van der Waals surface area contributed by atoms with E-state index in [-0.39, 0.29) is 5.43 Å². The van der Waals surface area contributed by atoms with Crippen molar-refractivity contribution >= 4 is 0 Å². The van der Waals surface area contributed by atoms with Crippen LogP contribution in [-0.4, -0.2) is 16.3 Å². The Bertz CT molecular complexity index is 424. The van der Waals surface area contributed by atoms with Crippen molar-refractivity contribution in [3.05, 3.63) is 33.7 Å². The maximum atomic E-state index is 11.4. The van der Waals surface area contributed by atoms with E-state index in [4.69, 9.17) is 0 Å². The first-order valence-corrected chi connectivity index (χ1v) is 6.40. The quantitative estimate of drug-likeness (QED) is 0.869. The Morgan fingerprint density at radius 3 is 2.41 bits per heavy atom. The number of hydrogen-bond acceptors (Lipinski definition) is 2. The summed E-state index contributed by atoms with van der Waals surface area (Å²) in [5, 5.41) is 9.34. The monoisotopic (exact) mass is 235 g/mol. The molecular formula is C14H21NO2. The molecule has 1 aromatic rings. The fourth-order valence-corrected chi connectivity index (χ4v) is 3.00. The normalized spacial score (nSPS) is 24.2. The molecule has 3 nitrogen and oxygen atoms in total. The third-order valence-electron chi connectivity index (χ3n) is 4.02. The summed E-state index contributed by atoms with van der Waals surface area (Å²) >= 11 is 0. The zero-order chi connectivity index (χ0) is 12.4. The van der Waals surface area contributed by atoms with Crippen molar-refractivity contribution in [3.63, 3.8) is 0 Å². The molecule has 0 aliphatic heterocycles. The number of aryl methyl sites for hydroxylation is 2. The standard InChI is InChI=1S/C14H21NO2/c1-10-6-14(17)7-11(2)15(10)8-12-4-3-5-13(12)9-16/h6-7,12-13,16H,3-5,8-9H2,1-2H3. The van der Waals surface area contributed by atoms with E-state index in [1.165, 1.54) is 12.8 Å². The fourth-order valence-electron chi connectivity index (χ4n) is 3.00. The Balaban J connectivity index is 2.21. The molecule has 0 aromatic carbocycles. The highest BCUT2D eigenvalue weighted by molar-refractivity contribution is 5.12. The lowest BCUT2D eigenvalue weighted by atomic mass is 9.96. The van der Waals surface area contributed by atoms with Crippen molar-refractivity contribution in [3.8, 4) is 0 Å². The van der Waals surface area contributed by atoms with Crippen LogP contribution in [0.25, 0.3) is 0 Å². The number of pyridine rings is 1. The number of hydrogen-bond donors (Lipinski definition) is 1. The fraction of sp³-hybridized carbons (Fsp3) is 0.643. The smallest absolute Gasteiger partial charge is 0.182 e. The molecule has 0 amide bonds. The van der Waals surface area contributed by atoms with E-state index >= 15 is 0 Å². The van der Waals surface area contributed by atoms with Gasteiger partial charge < -0.3 is 9.67 Å². The van der Waals surface area contributed by atoms with Gasteiger partial charge in [0.05, 0.1) is 0 Å². The average Bonchev–Trinajstić information content (AvgIpc) is 2.70. The Morgan fingerprint density at radius 2 is 1.82 bits per heavy atom. The van der Waals surface area contributed by atoms with Crippen LogP contribution < -0.4 is 5.43 Å². The topological polar surface area (TPSA) is 42.2 Å². The first-order chi connectivity index (χ1) is 8.11. The largest absolute Gasteiger partial charge is 0.396 e. The second-order valence-corrected chi connectivity index (χ2v) is 5.22. The summed E-state index contributed by atoms with van der Waals surface area (Å²) in [7, 11) is 0. The molecule has 2 rings (SSSR count). The highest BCUT2D eigenvalue weighted by Crippen LogP contribution is 2.32. The number of aliphatic hydroxyl groups excluding tert-OH is 1. The third-order valence-corrected chi connectivity index (χ3v) is 4.02. The average molecular weight is 235 g/mol. The van der Waals surface area contributed by atoms with Gasteiger partial charge >= 0.3 is 0 Å². The Kier molecular flexibility index (Phi) is 3.67. The summed E-state index contributed by atoms with van der Waals surface area (Å²) < 4.78 is 2.21. The van der Waals surface area contributed by atoms with Crippen molar-refractivity contribution in [1.82, 2.24) is 4.57 Å². The molecule has 1 aromatic heterocycles. The van der Waals surface area contributed by atoms with Gasteiger partial charge in [-0.05, 0) is 38.5 Å². The molecule has 1 aliphatic rings. The van der Waals surface area contributed by atoms with Gasteiger partial charge in [-0.1, -0.05) is 6.42 Å². The molecule has 1 N–H and O–H groups in total. The van der Waals surface area contributed by atoms with Crippen LogP contribution in [0.1, 0.15) is 30.7 Å². The third kappa shape index (κ3) is 2.60. The minimum Gasteiger partial charge on any atom is -0.396 e. The minimum absolute atomic E-state index is 0.0846. The Labute approximate surface area is 102 Å². The molecule has 0 radical (unpaired) electrons. The summed E-state index contributed by atoms with van der Waals surface area (Å²) in [6.45, 7) is 5.20. The molecule has 0 bridgehead atoms. The van der Waals surface area contributed by atoms with Crippen LogP contribution in [0.2, 0.25) is 0 Å². The summed E-state index contributed by atoms with van der Waals surface area (Å²) in [5.41, 5.74) is 2.14. The van der Waals surface area contributed by atoms with Gasteiger partial charge in [0.1, 0.15) is 0 Å². The van der Waals surface area contributed by atoms with Crippen LogP contribution in [0.4, 0.5) is 0 Å². The molecule has 0 saturated heterocycles. The van der Waals surface area contributed by atoms with E-state index in [0.717, 1.165) is 24.4 Å². The van der Waals surface area contributed by atoms with Crippen LogP contribution in [0.15, 0.2) is 16.9 Å². The Hall–Kier alpha value is -1.09. The molecule has 2 atom stereocenters. The Morgan fingerprint density at radius 1 is 1.24 bits per heavy atom. The molecular weight excluding hydrogens is 214 g/mol. The van der Waals surface area contributed by atoms with Crippen molar-refractivity contribution < 1.29 is 5.11 Å². The van der Waals surface area contributed by atoms with Gasteiger partial charge in [-0.3, -0.25) is 4.79 Å². The second kappa shape index (κ2) is 5.05. The number of aliphatic hydroxyl groups is 1. The van der Waals surface area contributed by atoms with Crippen LogP contribution >= 0.6 is 0 Å². The predicted molar refractivity (Wildman–Crippen MR) is 68.1 cm³/mol. The zero-order valence-electron chi connectivity index (χ0n) is 10.6. The first kappa shape index (κ1) is 12.4. The van der Waals surface area contributed by atoms with E-state index in [1.54, 1.807) is 12.1 Å². The molecule has 17 heavy (non-hydrogen) atoms. The van der Waals surface area contributed by atoms with Gasteiger partial charge in [0.25, 0.3) is 0 Å². The first-order valence-electron chi connectivity index (χ1n) is 6.40. The van der Waals surface area contributed by atoms with Gasteiger partial charge in [0.15, 0.2) is 5.43 Å². The minimum atomic E-state index is 0.0846. The maximum absolute atomic E-state index is 11.4. The lowest BCUT2D eigenvalue weighted by Crippen LogP contribution is -2.22. The molecule has 0 spiro atoms. The second-order valence-electron chi connectivity index (χ2n) is 5.22. The van der Waals surface area contributed by atoms with Crippen LogP contribution in [0.3, 0.4) is 0 Å². The summed E-state index contributed by atoms with van der Waals surface area (Å²) in [5.74, 6) is 0.994. The van der Waals surface area contributed by atoms with Crippen LogP contribution in [0.5, 0.6) is 0 Å². The molecule has 94 valence electrons. The van der Waals surface area contributed by atoms with E-state index < -0.39 is 0 Å². The summed E-state index contributed by atoms with van der Waals surface area (Å²) in [6, 6.07) is 3.38. The molecule has 1 saturated carbocycles. The summed E-state index contributed by atoms with van der Waals surface area (Å²) in [4.78, 5) is 11.4. The zero-order valence-corrected chi connectivity index (χ0v) is 10.6. The lowest BCUT2D eigenvalue weighted by Gasteiger charge is -2.22. The van der Waals surface area contributed by atoms with Crippen molar-refractivity contribution in [2.45, 2.75) is 39.7 Å². The van der Waals surface area contributed by atoms with Crippen molar-refractivity contribution in [2.75, 3.05) is 6.61 Å². The van der Waals surface area contributed by atoms with Gasteiger partial charge in [-0.25, -0.2) is 0 Å². The maximum Gasteiger partial charge on any atom is 0.182 e. The molecule has 1 heterocycles. The van der Waals surface area contributed by atoms with Crippen LogP contribution in [0, 0.1) is 25.7 Å². The number of aromatic nitrogens is 1.